The molecule has 1 aromatic rings. The number of nitrogens with one attached hydrogen (secondary N) is 1. The molecule has 1 aromatic carbocycles. The topological polar surface area (TPSA) is 94.5 Å². The average Bonchev–Trinajstić information content (AvgIpc) is 3.25. The molecule has 2 fully saturated rings. The number of carbonyl (C=O) groups is 2. The van der Waals surface area contributed by atoms with E-state index in [-0.39, 0.29) is 12.5 Å². The van der Waals surface area contributed by atoms with Gasteiger partial charge in [-0.2, -0.15) is 0 Å². The number of amides is 2. The van der Waals surface area contributed by atoms with Gasteiger partial charge in [-0.15, -0.1) is 0 Å². The lowest BCUT2D eigenvalue weighted by atomic mass is 9.93. The lowest BCUT2D eigenvalue weighted by Crippen LogP contribution is -2.42. The van der Waals surface area contributed by atoms with Gasteiger partial charge in [0.2, 0.25) is 17.8 Å². The molecular weight excluding hydrogens is 456 g/mol. The maximum Gasteiger partial charge on any atom is 0.246 e. The summed E-state index contributed by atoms with van der Waals surface area (Å²) in [5.74, 6) is 1.76. The highest BCUT2D eigenvalue weighted by Gasteiger charge is 2.29. The number of ether oxygens (including phenoxy) is 1. The molecule has 1 saturated carbocycles. The van der Waals surface area contributed by atoms with Crippen molar-refractivity contribution in [1.29, 1.82) is 0 Å². The van der Waals surface area contributed by atoms with E-state index in [4.69, 9.17) is 9.84 Å². The van der Waals surface area contributed by atoms with E-state index >= 15 is 0 Å². The van der Waals surface area contributed by atoms with Crippen LogP contribution in [0.4, 0.5) is 5.69 Å². The zero-order valence-electron chi connectivity index (χ0n) is 21.6. The number of carbonyl (C=O) groups excluding carboxylic acids is 2. The van der Waals surface area contributed by atoms with E-state index < -0.39 is 0 Å². The van der Waals surface area contributed by atoms with E-state index in [0.717, 1.165) is 81.3 Å². The molecular formula is C28H42N4O4. The molecule has 0 radical (unpaired) electrons. The second-order valence-corrected chi connectivity index (χ2v) is 10.3. The fourth-order valence-corrected chi connectivity index (χ4v) is 5.47. The molecule has 36 heavy (non-hydrogen) atoms. The number of aliphatic hydroxyl groups excluding tert-OH is 1. The largest absolute Gasteiger partial charge is 0.494 e. The molecule has 0 aromatic heterocycles. The smallest absolute Gasteiger partial charge is 0.246 e. The number of benzene rings is 1. The second-order valence-electron chi connectivity index (χ2n) is 10.3. The highest BCUT2D eigenvalue weighted by atomic mass is 16.5. The summed E-state index contributed by atoms with van der Waals surface area (Å²) in [7, 11) is 0. The van der Waals surface area contributed by atoms with Crippen LogP contribution in [0.1, 0.15) is 89.0 Å². The van der Waals surface area contributed by atoms with Crippen LogP contribution >= 0.6 is 0 Å². The van der Waals surface area contributed by atoms with Gasteiger partial charge in [-0.1, -0.05) is 32.1 Å². The fourth-order valence-electron chi connectivity index (χ4n) is 5.47. The fraction of sp³-hybridized carbons (Fsp3) is 0.679. The molecule has 2 N–H and O–H groups in total. The van der Waals surface area contributed by atoms with Crippen molar-refractivity contribution < 1.29 is 19.4 Å². The van der Waals surface area contributed by atoms with Crippen molar-refractivity contribution in [2.75, 3.05) is 26.3 Å². The number of fused-ring (bicyclic) bond motifs is 2. The van der Waals surface area contributed by atoms with Crippen molar-refractivity contribution in [3.63, 3.8) is 0 Å². The van der Waals surface area contributed by atoms with Gasteiger partial charge in [0.1, 0.15) is 12.3 Å². The third kappa shape index (κ3) is 7.45. The van der Waals surface area contributed by atoms with E-state index in [9.17, 15) is 9.59 Å². The first-order chi connectivity index (χ1) is 17.6. The molecule has 0 unspecified atom stereocenters. The van der Waals surface area contributed by atoms with Crippen molar-refractivity contribution in [2.24, 2.45) is 4.99 Å². The van der Waals surface area contributed by atoms with Gasteiger partial charge in [0.05, 0.1) is 12.3 Å². The summed E-state index contributed by atoms with van der Waals surface area (Å²) in [5.41, 5.74) is 1.95. The number of hydrogen-bond acceptors (Lipinski definition) is 6. The monoisotopic (exact) mass is 498 g/mol. The maximum absolute atomic E-state index is 13.1. The summed E-state index contributed by atoms with van der Waals surface area (Å²) < 4.78 is 5.98. The zero-order valence-corrected chi connectivity index (χ0v) is 21.6. The Balaban J connectivity index is 1.15. The summed E-state index contributed by atoms with van der Waals surface area (Å²) >= 11 is 0. The molecule has 8 heteroatoms. The highest BCUT2D eigenvalue weighted by molar-refractivity contribution is 6.05. The van der Waals surface area contributed by atoms with Crippen LogP contribution in [0, 0.1) is 0 Å². The standard InChI is InChI=1S/C28H42N4O4/c33-17-9-2-1-8-16-32(23-11-5-3-6-12-23)27(35)13-7-4-10-18-36-24-14-15-25-22(19-24)20-31-21-26(34)30-28(31)29-25/h14-15,19,23,33H,1-13,16-18,20-21H2,(H,29,30,34). The van der Waals surface area contributed by atoms with Gasteiger partial charge in [-0.05, 0) is 63.1 Å². The molecule has 0 spiro atoms. The highest BCUT2D eigenvalue weighted by Crippen LogP contribution is 2.30. The Morgan fingerprint density at radius 1 is 1.06 bits per heavy atom. The molecule has 2 heterocycles. The molecule has 198 valence electrons. The van der Waals surface area contributed by atoms with E-state index in [1.165, 1.54) is 19.3 Å². The van der Waals surface area contributed by atoms with Gasteiger partial charge < -0.3 is 19.6 Å². The summed E-state index contributed by atoms with van der Waals surface area (Å²) in [6, 6.07) is 6.32. The molecule has 1 aliphatic carbocycles. The SMILES string of the molecule is O=C1CN2Cc3cc(OCCCCCC(=O)N(CCCCCCO)C4CCCCC4)ccc3N=C2N1. The van der Waals surface area contributed by atoms with Crippen molar-refractivity contribution in [2.45, 2.75) is 96.1 Å². The predicted octanol–water partition coefficient (Wildman–Crippen LogP) is 4.27. The Hall–Kier alpha value is -2.61. The van der Waals surface area contributed by atoms with Crippen LogP contribution in [0.3, 0.4) is 0 Å². The molecule has 4 rings (SSSR count). The number of aliphatic hydroxyl groups is 1. The zero-order chi connectivity index (χ0) is 25.2. The van der Waals surface area contributed by atoms with Gasteiger partial charge in [0.15, 0.2) is 0 Å². The molecule has 0 atom stereocenters. The number of guanidine groups is 1. The molecule has 3 aliphatic rings. The van der Waals surface area contributed by atoms with Crippen LogP contribution in [0.15, 0.2) is 23.2 Å². The van der Waals surface area contributed by atoms with Crippen molar-refractivity contribution in [3.8, 4) is 5.75 Å². The first-order valence-corrected chi connectivity index (χ1v) is 13.9. The Labute approximate surface area is 215 Å². The Morgan fingerprint density at radius 2 is 1.86 bits per heavy atom. The second kappa shape index (κ2) is 13.6. The first kappa shape index (κ1) is 26.5. The van der Waals surface area contributed by atoms with Crippen LogP contribution in [-0.4, -0.2) is 65.0 Å². The minimum atomic E-state index is -0.0172. The van der Waals surface area contributed by atoms with Crippen LogP contribution < -0.4 is 10.1 Å². The van der Waals surface area contributed by atoms with Gasteiger partial charge in [0, 0.05) is 37.7 Å². The minimum absolute atomic E-state index is 0.0172. The summed E-state index contributed by atoms with van der Waals surface area (Å²) in [5, 5.41) is 11.8. The molecule has 8 nitrogen and oxygen atoms in total. The predicted molar refractivity (Wildman–Crippen MR) is 140 cm³/mol. The molecule has 0 bridgehead atoms. The van der Waals surface area contributed by atoms with Crippen LogP contribution in [0.5, 0.6) is 5.75 Å². The Bertz CT molecular complexity index is 913. The molecule has 1 saturated heterocycles. The third-order valence-corrected chi connectivity index (χ3v) is 7.47. The van der Waals surface area contributed by atoms with Crippen LogP contribution in [0.25, 0.3) is 0 Å². The van der Waals surface area contributed by atoms with Gasteiger partial charge in [-0.25, -0.2) is 4.99 Å². The van der Waals surface area contributed by atoms with Crippen molar-refractivity contribution in [3.05, 3.63) is 23.8 Å². The van der Waals surface area contributed by atoms with E-state index in [0.29, 0.717) is 44.0 Å². The Kier molecular flexibility index (Phi) is 10.0. The van der Waals surface area contributed by atoms with Gasteiger partial charge in [0.25, 0.3) is 0 Å². The number of aliphatic imine (C=N–C) groups is 1. The van der Waals surface area contributed by atoms with Crippen molar-refractivity contribution >= 4 is 23.5 Å². The van der Waals surface area contributed by atoms with Crippen LogP contribution in [-0.2, 0) is 16.1 Å². The lowest BCUT2D eigenvalue weighted by Gasteiger charge is -2.34. The quantitative estimate of drug-likeness (QED) is 0.374. The van der Waals surface area contributed by atoms with E-state index in [1.54, 1.807) is 0 Å². The lowest BCUT2D eigenvalue weighted by molar-refractivity contribution is -0.134. The Morgan fingerprint density at radius 3 is 2.69 bits per heavy atom. The van der Waals surface area contributed by atoms with E-state index in [1.807, 2.05) is 23.1 Å². The van der Waals surface area contributed by atoms with Gasteiger partial charge in [-0.3, -0.25) is 14.9 Å². The van der Waals surface area contributed by atoms with E-state index in [2.05, 4.69) is 15.2 Å². The minimum Gasteiger partial charge on any atom is -0.494 e. The summed E-state index contributed by atoms with van der Waals surface area (Å²) in [4.78, 5) is 33.3. The molecule has 2 aliphatic heterocycles. The summed E-state index contributed by atoms with van der Waals surface area (Å²) in [6.45, 7) is 2.76. The number of nitrogens with zero attached hydrogens (tertiary/aromatic N) is 3. The summed E-state index contributed by atoms with van der Waals surface area (Å²) in [6.07, 6.45) is 13.5. The van der Waals surface area contributed by atoms with Gasteiger partial charge >= 0.3 is 0 Å². The number of rotatable bonds is 14. The van der Waals surface area contributed by atoms with Crippen molar-refractivity contribution in [1.82, 2.24) is 15.1 Å². The number of unbranched alkanes of at least 4 members (excludes halogenated alkanes) is 5. The number of hydrogen-bond donors (Lipinski definition) is 2. The first-order valence-electron chi connectivity index (χ1n) is 13.9. The third-order valence-electron chi connectivity index (χ3n) is 7.47. The molecule has 2 amide bonds. The van der Waals surface area contributed by atoms with Crippen LogP contribution in [0.2, 0.25) is 0 Å². The maximum atomic E-state index is 13.1. The normalized spacial score (nSPS) is 17.3. The average molecular weight is 499 g/mol.